The molecule has 3 N–H and O–H groups in total. The second kappa shape index (κ2) is 9.34. The van der Waals surface area contributed by atoms with Gasteiger partial charge in [-0.25, -0.2) is 9.42 Å². The highest BCUT2D eigenvalue weighted by Gasteiger charge is 2.33. The topological polar surface area (TPSA) is 144 Å². The molecule has 0 saturated heterocycles. The molecule has 3 aromatic rings. The van der Waals surface area contributed by atoms with Gasteiger partial charge in [0.2, 0.25) is 11.5 Å². The third-order valence-corrected chi connectivity index (χ3v) is 6.20. The first kappa shape index (κ1) is 23.0. The first-order valence-corrected chi connectivity index (χ1v) is 10.8. The molecule has 1 heterocycles. The summed E-state index contributed by atoms with van der Waals surface area (Å²) in [4.78, 5) is 36.4. The molecule has 2 aromatic carbocycles. The van der Waals surface area contributed by atoms with Crippen LogP contribution in [0.3, 0.4) is 0 Å². The monoisotopic (exact) mass is 464 g/mol. The van der Waals surface area contributed by atoms with E-state index in [0.29, 0.717) is 6.42 Å². The summed E-state index contributed by atoms with van der Waals surface area (Å²) in [7, 11) is 0. The van der Waals surface area contributed by atoms with E-state index < -0.39 is 23.4 Å². The van der Waals surface area contributed by atoms with E-state index in [0.717, 1.165) is 22.3 Å². The Labute approximate surface area is 195 Å². The second-order valence-electron chi connectivity index (χ2n) is 8.31. The van der Waals surface area contributed by atoms with Gasteiger partial charge in [-0.05, 0) is 45.9 Å². The number of hydrogen-bond acceptors (Lipinski definition) is 7. The fraction of sp³-hybridized carbons (Fsp3) is 0.292. The van der Waals surface area contributed by atoms with Gasteiger partial charge in [0.25, 0.3) is 5.91 Å². The van der Waals surface area contributed by atoms with Crippen LogP contribution in [0, 0.1) is 5.41 Å². The van der Waals surface area contributed by atoms with Gasteiger partial charge in [0.15, 0.2) is 0 Å². The molecule has 4 rings (SSSR count). The van der Waals surface area contributed by atoms with Crippen molar-refractivity contribution in [3.63, 3.8) is 0 Å². The summed E-state index contributed by atoms with van der Waals surface area (Å²) in [6, 6.07) is 15.9. The number of rotatable bonds is 8. The van der Waals surface area contributed by atoms with Crippen molar-refractivity contribution in [2.75, 3.05) is 18.5 Å². The summed E-state index contributed by atoms with van der Waals surface area (Å²) >= 11 is 0. The van der Waals surface area contributed by atoms with Crippen molar-refractivity contribution < 1.29 is 28.9 Å². The zero-order valence-electron chi connectivity index (χ0n) is 18.7. The van der Waals surface area contributed by atoms with Crippen molar-refractivity contribution >= 4 is 23.8 Å². The Morgan fingerprint density at radius 3 is 2.26 bits per heavy atom. The quantitative estimate of drug-likeness (QED) is 0.458. The number of carbonyl (C=O) groups excluding carboxylic acids is 2. The molecule has 0 spiro atoms. The number of carboxylic acid groups (broad SMARTS) is 1. The predicted octanol–water partition coefficient (Wildman–Crippen LogP) is 3.66. The molecule has 0 bridgehead atoms. The molecule has 1 aliphatic carbocycles. The number of carboxylic acids is 1. The lowest BCUT2D eigenvalue weighted by molar-refractivity contribution is -0.147. The number of anilines is 1. The lowest BCUT2D eigenvalue weighted by Gasteiger charge is -2.22. The number of nitrogens with one attached hydrogen (secondary N) is 2. The van der Waals surface area contributed by atoms with E-state index >= 15 is 0 Å². The normalized spacial score (nSPS) is 13.9. The van der Waals surface area contributed by atoms with Gasteiger partial charge in [0.05, 0.1) is 5.41 Å². The zero-order chi connectivity index (χ0) is 24.3. The van der Waals surface area contributed by atoms with Crippen molar-refractivity contribution in [1.82, 2.24) is 15.6 Å². The zero-order valence-corrected chi connectivity index (χ0v) is 18.7. The van der Waals surface area contributed by atoms with Crippen LogP contribution in [0.4, 0.5) is 10.6 Å². The largest absolute Gasteiger partial charge is 0.481 e. The smallest absolute Gasteiger partial charge is 0.412 e. The van der Waals surface area contributed by atoms with E-state index in [1.54, 1.807) is 6.92 Å². The van der Waals surface area contributed by atoms with Crippen LogP contribution < -0.4 is 10.6 Å². The van der Waals surface area contributed by atoms with Crippen molar-refractivity contribution in [3.05, 3.63) is 65.4 Å². The average Bonchev–Trinajstić information content (AvgIpc) is 3.43. The van der Waals surface area contributed by atoms with Crippen LogP contribution in [0.25, 0.3) is 11.1 Å². The SMILES string of the molecule is CCC(C)(CNC(=O)c1nonc1NC(=O)OCC1c2ccccc2-c2ccccc21)C(=O)O. The molecule has 34 heavy (non-hydrogen) atoms. The predicted molar refractivity (Wildman–Crippen MR) is 121 cm³/mol. The summed E-state index contributed by atoms with van der Waals surface area (Å²) in [6.45, 7) is 3.18. The summed E-state index contributed by atoms with van der Waals surface area (Å²) < 4.78 is 10.0. The number of hydrogen-bond donors (Lipinski definition) is 3. The molecule has 10 heteroatoms. The minimum Gasteiger partial charge on any atom is -0.481 e. The number of benzene rings is 2. The fourth-order valence-corrected chi connectivity index (χ4v) is 3.86. The third-order valence-electron chi connectivity index (χ3n) is 6.20. The molecule has 0 fully saturated rings. The van der Waals surface area contributed by atoms with E-state index in [4.69, 9.17) is 4.74 Å². The summed E-state index contributed by atoms with van der Waals surface area (Å²) in [5.41, 5.74) is 2.92. The van der Waals surface area contributed by atoms with E-state index in [1.807, 2.05) is 48.5 Å². The third kappa shape index (κ3) is 4.34. The molecule has 1 atom stereocenters. The van der Waals surface area contributed by atoms with Crippen LogP contribution in [0.1, 0.15) is 47.8 Å². The Balaban J connectivity index is 1.39. The van der Waals surface area contributed by atoms with Gasteiger partial charge >= 0.3 is 12.1 Å². The molecule has 0 aliphatic heterocycles. The summed E-state index contributed by atoms with van der Waals surface area (Å²) in [5, 5.41) is 21.3. The number of carbonyl (C=O) groups is 3. The molecule has 2 amide bonds. The molecule has 176 valence electrons. The molecule has 0 saturated carbocycles. The maximum Gasteiger partial charge on any atom is 0.412 e. The minimum atomic E-state index is -1.15. The van der Waals surface area contributed by atoms with E-state index in [-0.39, 0.29) is 30.6 Å². The van der Waals surface area contributed by atoms with Gasteiger partial charge in [0.1, 0.15) is 6.61 Å². The molecular weight excluding hydrogens is 440 g/mol. The van der Waals surface area contributed by atoms with Gasteiger partial charge in [-0.3, -0.25) is 14.9 Å². The van der Waals surface area contributed by atoms with E-state index in [9.17, 15) is 19.5 Å². The standard InChI is InChI=1S/C24H24N4O6/c1-3-24(2,22(30)31)13-25-21(29)19-20(28-34-27-19)26-23(32)33-12-18-16-10-6-4-8-14(16)15-9-5-7-11-17(15)18/h4-11,18H,3,12-13H2,1-2H3,(H,25,29)(H,30,31)(H,26,28,32). The van der Waals surface area contributed by atoms with Crippen LogP contribution in [0.2, 0.25) is 0 Å². The van der Waals surface area contributed by atoms with Gasteiger partial charge < -0.3 is 15.2 Å². The second-order valence-corrected chi connectivity index (χ2v) is 8.31. The lowest BCUT2D eigenvalue weighted by Crippen LogP contribution is -2.40. The maximum atomic E-state index is 12.5. The van der Waals surface area contributed by atoms with Crippen LogP contribution in [-0.2, 0) is 9.53 Å². The van der Waals surface area contributed by atoms with Gasteiger partial charge in [0, 0.05) is 12.5 Å². The molecule has 1 unspecified atom stereocenters. The Morgan fingerprint density at radius 1 is 1.06 bits per heavy atom. The highest BCUT2D eigenvalue weighted by molar-refractivity contribution is 5.99. The summed E-state index contributed by atoms with van der Waals surface area (Å²) in [6.07, 6.45) is -0.514. The summed E-state index contributed by atoms with van der Waals surface area (Å²) in [5.74, 6) is -2.11. The minimum absolute atomic E-state index is 0.0835. The van der Waals surface area contributed by atoms with Gasteiger partial charge in [-0.15, -0.1) is 0 Å². The Hall–Kier alpha value is -4.21. The molecule has 1 aliphatic rings. The maximum absolute atomic E-state index is 12.5. The first-order chi connectivity index (χ1) is 16.3. The molecule has 1 aromatic heterocycles. The molecular formula is C24H24N4O6. The first-order valence-electron chi connectivity index (χ1n) is 10.8. The number of aliphatic carboxylic acids is 1. The highest BCUT2D eigenvalue weighted by Crippen LogP contribution is 2.44. The van der Waals surface area contributed by atoms with Crippen LogP contribution >= 0.6 is 0 Å². The number of ether oxygens (including phenoxy) is 1. The average molecular weight is 464 g/mol. The van der Waals surface area contributed by atoms with Crippen molar-refractivity contribution in [1.29, 1.82) is 0 Å². The van der Waals surface area contributed by atoms with Gasteiger partial charge in [-0.1, -0.05) is 55.5 Å². The lowest BCUT2D eigenvalue weighted by atomic mass is 9.88. The fourth-order valence-electron chi connectivity index (χ4n) is 3.86. The number of amides is 2. The highest BCUT2D eigenvalue weighted by atomic mass is 16.6. The number of fused-ring (bicyclic) bond motifs is 3. The number of nitrogens with zero attached hydrogens (tertiary/aromatic N) is 2. The van der Waals surface area contributed by atoms with Gasteiger partial charge in [-0.2, -0.15) is 0 Å². The van der Waals surface area contributed by atoms with Crippen molar-refractivity contribution in [2.24, 2.45) is 5.41 Å². The van der Waals surface area contributed by atoms with Crippen LogP contribution in [0.5, 0.6) is 0 Å². The van der Waals surface area contributed by atoms with E-state index in [2.05, 4.69) is 25.6 Å². The van der Waals surface area contributed by atoms with Crippen molar-refractivity contribution in [2.45, 2.75) is 26.2 Å². The van der Waals surface area contributed by atoms with E-state index in [1.165, 1.54) is 6.92 Å². The Morgan fingerprint density at radius 2 is 1.68 bits per heavy atom. The molecule has 0 radical (unpaired) electrons. The van der Waals surface area contributed by atoms with Crippen molar-refractivity contribution in [3.8, 4) is 11.1 Å². The van der Waals surface area contributed by atoms with Crippen LogP contribution in [-0.4, -0.2) is 46.5 Å². The Kier molecular flexibility index (Phi) is 6.31. The Bertz CT molecular complexity index is 1190. The number of aromatic nitrogens is 2. The molecule has 10 nitrogen and oxygen atoms in total. The van der Waals surface area contributed by atoms with Crippen LogP contribution in [0.15, 0.2) is 53.2 Å².